The van der Waals surface area contributed by atoms with Gasteiger partial charge in [0.25, 0.3) is 0 Å². The minimum Gasteiger partial charge on any atom is -0.378 e. The van der Waals surface area contributed by atoms with E-state index in [4.69, 9.17) is 4.74 Å². The molecule has 2 N–H and O–H groups in total. The molecule has 1 saturated carbocycles. The maximum atomic E-state index is 12.1. The number of nitrogens with one attached hydrogen (secondary N) is 2. The minimum atomic E-state index is -0.184. The van der Waals surface area contributed by atoms with Crippen molar-refractivity contribution in [2.75, 3.05) is 40.4 Å². The average molecular weight is 269 g/mol. The van der Waals surface area contributed by atoms with E-state index < -0.39 is 0 Å². The second kappa shape index (κ2) is 6.68. The van der Waals surface area contributed by atoms with Crippen LogP contribution in [-0.2, 0) is 9.53 Å². The van der Waals surface area contributed by atoms with Crippen molar-refractivity contribution in [2.45, 2.75) is 43.7 Å². The SMILES string of the molecule is CN(C)C1(CNC(=O)C2COCCN2)CCCCC1. The van der Waals surface area contributed by atoms with Crippen molar-refractivity contribution >= 4 is 5.91 Å². The lowest BCUT2D eigenvalue weighted by Crippen LogP contribution is -2.57. The van der Waals surface area contributed by atoms with Gasteiger partial charge in [-0.25, -0.2) is 0 Å². The molecule has 5 nitrogen and oxygen atoms in total. The molecule has 1 saturated heterocycles. The average Bonchev–Trinajstić information content (AvgIpc) is 2.46. The predicted octanol–water partition coefficient (Wildman–Crippen LogP) is 0.356. The van der Waals surface area contributed by atoms with Gasteiger partial charge in [-0.2, -0.15) is 0 Å². The normalized spacial score (nSPS) is 27.2. The number of rotatable bonds is 4. The number of hydrogen-bond acceptors (Lipinski definition) is 4. The number of nitrogens with zero attached hydrogens (tertiary/aromatic N) is 1. The van der Waals surface area contributed by atoms with Gasteiger partial charge in [-0.3, -0.25) is 4.79 Å². The summed E-state index contributed by atoms with van der Waals surface area (Å²) < 4.78 is 5.33. The van der Waals surface area contributed by atoms with Crippen molar-refractivity contribution in [3.8, 4) is 0 Å². The zero-order valence-electron chi connectivity index (χ0n) is 12.2. The fourth-order valence-corrected chi connectivity index (χ4v) is 3.10. The summed E-state index contributed by atoms with van der Waals surface area (Å²) in [5.74, 6) is 0.0755. The first-order valence-corrected chi connectivity index (χ1v) is 7.40. The Labute approximate surface area is 116 Å². The van der Waals surface area contributed by atoms with Crippen LogP contribution in [0.15, 0.2) is 0 Å². The third-order valence-corrected chi connectivity index (χ3v) is 4.56. The molecule has 2 fully saturated rings. The molecule has 5 heteroatoms. The van der Waals surface area contributed by atoms with Crippen LogP contribution in [0.1, 0.15) is 32.1 Å². The lowest BCUT2D eigenvalue weighted by Gasteiger charge is -2.43. The van der Waals surface area contributed by atoms with E-state index in [0.29, 0.717) is 13.2 Å². The van der Waals surface area contributed by atoms with Crippen LogP contribution < -0.4 is 10.6 Å². The molecular weight excluding hydrogens is 242 g/mol. The van der Waals surface area contributed by atoms with Gasteiger partial charge in [0, 0.05) is 18.6 Å². The Bertz CT molecular complexity index is 295. The quantitative estimate of drug-likeness (QED) is 0.773. The van der Waals surface area contributed by atoms with Crippen molar-refractivity contribution in [3.63, 3.8) is 0 Å². The molecule has 1 unspecified atom stereocenters. The highest BCUT2D eigenvalue weighted by atomic mass is 16.5. The first kappa shape index (κ1) is 14.8. The molecule has 0 aromatic carbocycles. The Morgan fingerprint density at radius 1 is 1.37 bits per heavy atom. The highest BCUT2D eigenvalue weighted by molar-refractivity contribution is 5.82. The summed E-state index contributed by atoms with van der Waals surface area (Å²) in [6.45, 7) is 2.69. The van der Waals surface area contributed by atoms with Gasteiger partial charge >= 0.3 is 0 Å². The third kappa shape index (κ3) is 3.68. The Balaban J connectivity index is 1.86. The highest BCUT2D eigenvalue weighted by Crippen LogP contribution is 2.31. The summed E-state index contributed by atoms with van der Waals surface area (Å²) in [5.41, 5.74) is 0.142. The molecule has 1 aliphatic heterocycles. The van der Waals surface area contributed by atoms with Gasteiger partial charge in [-0.1, -0.05) is 19.3 Å². The molecule has 19 heavy (non-hydrogen) atoms. The van der Waals surface area contributed by atoms with Crippen LogP contribution in [0.5, 0.6) is 0 Å². The van der Waals surface area contributed by atoms with Gasteiger partial charge in [-0.05, 0) is 26.9 Å². The maximum Gasteiger partial charge on any atom is 0.239 e. The van der Waals surface area contributed by atoms with E-state index in [9.17, 15) is 4.79 Å². The second-order valence-corrected chi connectivity index (χ2v) is 5.98. The first-order chi connectivity index (χ1) is 9.14. The van der Waals surface area contributed by atoms with Crippen molar-refractivity contribution in [1.82, 2.24) is 15.5 Å². The number of hydrogen-bond donors (Lipinski definition) is 2. The van der Waals surface area contributed by atoms with Crippen molar-refractivity contribution in [2.24, 2.45) is 0 Å². The molecule has 1 aliphatic carbocycles. The summed E-state index contributed by atoms with van der Waals surface area (Å²) in [4.78, 5) is 14.4. The topological polar surface area (TPSA) is 53.6 Å². The molecule has 0 radical (unpaired) electrons. The van der Waals surface area contributed by atoms with E-state index in [0.717, 1.165) is 13.1 Å². The van der Waals surface area contributed by atoms with Crippen LogP contribution in [0, 0.1) is 0 Å². The van der Waals surface area contributed by atoms with Crippen LogP contribution in [0.4, 0.5) is 0 Å². The van der Waals surface area contributed by atoms with E-state index in [2.05, 4.69) is 29.6 Å². The maximum absolute atomic E-state index is 12.1. The number of amides is 1. The van der Waals surface area contributed by atoms with Gasteiger partial charge in [0.1, 0.15) is 6.04 Å². The molecule has 1 heterocycles. The molecule has 0 bridgehead atoms. The number of carbonyl (C=O) groups excluding carboxylic acids is 1. The van der Waals surface area contributed by atoms with Crippen molar-refractivity contribution in [1.29, 1.82) is 0 Å². The molecule has 0 aromatic heterocycles. The Kier molecular flexibility index (Phi) is 5.19. The van der Waals surface area contributed by atoms with Crippen LogP contribution in [0.2, 0.25) is 0 Å². The van der Waals surface area contributed by atoms with Crippen LogP contribution >= 0.6 is 0 Å². The van der Waals surface area contributed by atoms with Crippen LogP contribution in [0.3, 0.4) is 0 Å². The fourth-order valence-electron chi connectivity index (χ4n) is 3.10. The number of morpholine rings is 1. The first-order valence-electron chi connectivity index (χ1n) is 7.40. The number of likely N-dealkylation sites (N-methyl/N-ethyl adjacent to an activating group) is 1. The molecule has 2 aliphatic rings. The zero-order valence-corrected chi connectivity index (χ0v) is 12.2. The van der Waals surface area contributed by atoms with Gasteiger partial charge in [0.05, 0.1) is 13.2 Å². The van der Waals surface area contributed by atoms with E-state index in [1.807, 2.05) is 0 Å². The third-order valence-electron chi connectivity index (χ3n) is 4.56. The van der Waals surface area contributed by atoms with Gasteiger partial charge in [0.15, 0.2) is 0 Å². The van der Waals surface area contributed by atoms with E-state index in [1.54, 1.807) is 0 Å². The van der Waals surface area contributed by atoms with E-state index >= 15 is 0 Å². The van der Waals surface area contributed by atoms with E-state index in [1.165, 1.54) is 32.1 Å². The zero-order chi connectivity index (χ0) is 13.7. The summed E-state index contributed by atoms with van der Waals surface area (Å²) >= 11 is 0. The lowest BCUT2D eigenvalue weighted by atomic mass is 9.80. The van der Waals surface area contributed by atoms with Crippen molar-refractivity contribution in [3.05, 3.63) is 0 Å². The van der Waals surface area contributed by atoms with Gasteiger partial charge < -0.3 is 20.3 Å². The van der Waals surface area contributed by atoms with E-state index in [-0.39, 0.29) is 17.5 Å². The summed E-state index contributed by atoms with van der Waals surface area (Å²) in [6.07, 6.45) is 6.20. The van der Waals surface area contributed by atoms with Crippen LogP contribution in [0.25, 0.3) is 0 Å². The Morgan fingerprint density at radius 2 is 2.11 bits per heavy atom. The van der Waals surface area contributed by atoms with Crippen LogP contribution in [-0.4, -0.2) is 62.8 Å². The molecular formula is C14H27N3O2. The standard InChI is InChI=1S/C14H27N3O2/c1-17(2)14(6-4-3-5-7-14)11-16-13(18)12-10-19-9-8-15-12/h12,15H,3-11H2,1-2H3,(H,16,18). The summed E-state index contributed by atoms with van der Waals surface area (Å²) in [6, 6.07) is -0.184. The molecule has 110 valence electrons. The largest absolute Gasteiger partial charge is 0.378 e. The van der Waals surface area contributed by atoms with Crippen molar-refractivity contribution < 1.29 is 9.53 Å². The fraction of sp³-hybridized carbons (Fsp3) is 0.929. The van der Waals surface area contributed by atoms with Gasteiger partial charge in [0.2, 0.25) is 5.91 Å². The number of carbonyl (C=O) groups is 1. The Hall–Kier alpha value is -0.650. The smallest absolute Gasteiger partial charge is 0.239 e. The monoisotopic (exact) mass is 269 g/mol. The predicted molar refractivity (Wildman–Crippen MR) is 75.1 cm³/mol. The van der Waals surface area contributed by atoms with Gasteiger partial charge in [-0.15, -0.1) is 0 Å². The molecule has 1 amide bonds. The molecule has 0 spiro atoms. The highest BCUT2D eigenvalue weighted by Gasteiger charge is 2.35. The summed E-state index contributed by atoms with van der Waals surface area (Å²) in [7, 11) is 4.25. The molecule has 2 rings (SSSR count). The Morgan fingerprint density at radius 3 is 2.68 bits per heavy atom. The molecule has 0 aromatic rings. The number of ether oxygens (including phenoxy) is 1. The molecule has 1 atom stereocenters. The minimum absolute atomic E-state index is 0.0755. The summed E-state index contributed by atoms with van der Waals surface area (Å²) in [5, 5.41) is 6.32. The second-order valence-electron chi connectivity index (χ2n) is 5.98. The lowest BCUT2D eigenvalue weighted by molar-refractivity contribution is -0.126.